The number of rotatable bonds is 7. The number of hydrogen-bond acceptors (Lipinski definition) is 3. The van der Waals surface area contributed by atoms with Crippen molar-refractivity contribution in [3.63, 3.8) is 0 Å². The Labute approximate surface area is 202 Å². The minimum absolute atomic E-state index is 0.0507. The first kappa shape index (κ1) is 12.8. The molecule has 0 bridgehead atoms. The molecule has 1 amide bonds. The summed E-state index contributed by atoms with van der Waals surface area (Å²) in [5, 5.41) is 0. The lowest BCUT2D eigenvalue weighted by Gasteiger charge is -2.37. The van der Waals surface area contributed by atoms with Gasteiger partial charge in [0, 0.05) is 27.6 Å². The Balaban J connectivity index is 1.59. The van der Waals surface area contributed by atoms with Gasteiger partial charge in [0.05, 0.1) is 10.7 Å². The number of nitrogens with zero attached hydrogens (tertiary/aromatic N) is 1. The number of amides is 1. The minimum atomic E-state index is -3.01. The molecule has 0 saturated carbocycles. The molecule has 0 spiro atoms. The van der Waals surface area contributed by atoms with E-state index in [0.717, 1.165) is 0 Å². The average Bonchev–Trinajstić information content (AvgIpc) is 3.54. The van der Waals surface area contributed by atoms with Gasteiger partial charge >= 0.3 is 0 Å². The van der Waals surface area contributed by atoms with Gasteiger partial charge < -0.3 is 15.4 Å². The standard InChI is InChI=1S/C28H30N2O2/c29-27(31)28(23-7-3-1-4-8-23,24-9-5-2-6-10-24)25-14-17-30(20-25)16-13-21-11-12-26-22(19-21)15-18-32-26/h1-12,19,25H,13-18,20H2,(H2,29,31)/t25-/m1/s1/i11D,12D,13D2,15D2,16D2,19D. The van der Waals surface area contributed by atoms with Crippen molar-refractivity contribution in [3.05, 3.63) is 101 Å². The molecule has 0 aliphatic carbocycles. The second kappa shape index (κ2) is 8.79. The van der Waals surface area contributed by atoms with E-state index in [1.54, 1.807) is 48.5 Å². The zero-order valence-electron chi connectivity index (χ0n) is 26.5. The largest absolute Gasteiger partial charge is 0.493 e. The lowest BCUT2D eigenvalue weighted by atomic mass is 9.64. The topological polar surface area (TPSA) is 55.6 Å². The van der Waals surface area contributed by atoms with Crippen LogP contribution in [0, 0.1) is 5.92 Å². The number of fused-ring (bicyclic) bond motifs is 1. The number of carbonyl (C=O) groups excluding carboxylic acids is 1. The van der Waals surface area contributed by atoms with E-state index in [-0.39, 0.29) is 24.4 Å². The summed E-state index contributed by atoms with van der Waals surface area (Å²) in [5.74, 6) is -1.45. The molecule has 3 aromatic rings. The molecule has 32 heavy (non-hydrogen) atoms. The average molecular weight is 436 g/mol. The Morgan fingerprint density at radius 2 is 1.84 bits per heavy atom. The van der Waals surface area contributed by atoms with Gasteiger partial charge in [0.25, 0.3) is 0 Å². The molecule has 2 aliphatic heterocycles. The second-order valence-electron chi connectivity index (χ2n) is 7.99. The molecule has 0 unspecified atom stereocenters. The maximum atomic E-state index is 13.4. The highest BCUT2D eigenvalue weighted by molar-refractivity contribution is 5.91. The van der Waals surface area contributed by atoms with Crippen LogP contribution < -0.4 is 10.5 Å². The number of carbonyl (C=O) groups is 1. The number of ether oxygens (including phenoxy) is 1. The molecule has 1 saturated heterocycles. The predicted molar refractivity (Wildman–Crippen MR) is 127 cm³/mol. The summed E-state index contributed by atoms with van der Waals surface area (Å²) in [6.45, 7) is -3.31. The Bertz CT molecular complexity index is 1440. The van der Waals surface area contributed by atoms with Crippen molar-refractivity contribution in [3.8, 4) is 5.75 Å². The third-order valence-electron chi connectivity index (χ3n) is 6.23. The lowest BCUT2D eigenvalue weighted by molar-refractivity contribution is -0.123. The molecule has 1 atom stereocenters. The van der Waals surface area contributed by atoms with Crippen LogP contribution in [-0.4, -0.2) is 37.0 Å². The van der Waals surface area contributed by atoms with Crippen molar-refractivity contribution in [2.75, 3.05) is 26.2 Å². The minimum Gasteiger partial charge on any atom is -0.493 e. The van der Waals surface area contributed by atoms with E-state index in [9.17, 15) is 4.79 Å². The molecular weight excluding hydrogens is 396 g/mol. The Hall–Kier alpha value is -3.11. The third kappa shape index (κ3) is 3.69. The molecule has 4 heteroatoms. The molecule has 4 nitrogen and oxygen atoms in total. The van der Waals surface area contributed by atoms with E-state index >= 15 is 0 Å². The van der Waals surface area contributed by atoms with Gasteiger partial charge in [-0.1, -0.05) is 72.7 Å². The van der Waals surface area contributed by atoms with E-state index in [1.165, 1.54) is 4.90 Å². The first-order chi connectivity index (χ1) is 19.2. The van der Waals surface area contributed by atoms with Crippen molar-refractivity contribution in [1.29, 1.82) is 0 Å². The van der Waals surface area contributed by atoms with E-state index in [2.05, 4.69) is 0 Å². The molecule has 3 aromatic carbocycles. The summed E-state index contributed by atoms with van der Waals surface area (Å²) < 4.78 is 82.9. The van der Waals surface area contributed by atoms with Crippen LogP contribution in [0.25, 0.3) is 0 Å². The van der Waals surface area contributed by atoms with Crippen LogP contribution in [0.15, 0.2) is 78.8 Å². The van der Waals surface area contributed by atoms with Crippen LogP contribution in [-0.2, 0) is 23.0 Å². The number of hydrogen-bond donors (Lipinski definition) is 1. The molecule has 2 N–H and O–H groups in total. The van der Waals surface area contributed by atoms with E-state index < -0.39 is 66.8 Å². The van der Waals surface area contributed by atoms with Crippen LogP contribution in [0.5, 0.6) is 5.75 Å². The second-order valence-corrected chi connectivity index (χ2v) is 7.99. The molecule has 0 aromatic heterocycles. The smallest absolute Gasteiger partial charge is 0.232 e. The Kier molecular flexibility index (Phi) is 3.52. The summed E-state index contributed by atoms with van der Waals surface area (Å²) >= 11 is 0. The summed E-state index contributed by atoms with van der Waals surface area (Å²) in [4.78, 5) is 14.7. The zero-order valence-corrected chi connectivity index (χ0v) is 17.5. The molecule has 164 valence electrons. The predicted octanol–water partition coefficient (Wildman–Crippen LogP) is 3.96. The normalized spacial score (nSPS) is 24.9. The maximum absolute atomic E-state index is 13.4. The van der Waals surface area contributed by atoms with Gasteiger partial charge in [-0.3, -0.25) is 4.79 Å². The van der Waals surface area contributed by atoms with Crippen molar-refractivity contribution in [2.24, 2.45) is 11.7 Å². The van der Waals surface area contributed by atoms with Gasteiger partial charge in [0.15, 0.2) is 0 Å². The van der Waals surface area contributed by atoms with E-state index in [1.807, 2.05) is 12.1 Å². The van der Waals surface area contributed by atoms with Crippen molar-refractivity contribution >= 4 is 5.91 Å². The quantitative estimate of drug-likeness (QED) is 0.611. The molecule has 2 heterocycles. The SMILES string of the molecule is [2H]c1c([2H])c(C([2H])([2H])C([2H])([2H])N2CC[C@@H](C(C(N)=O)(c3ccccc3)c3ccccc3)C2)c([2H])c2c1OCC2([2H])[2H]. The number of benzene rings is 3. The third-order valence-corrected chi connectivity index (χ3v) is 6.23. The highest BCUT2D eigenvalue weighted by Gasteiger charge is 2.49. The van der Waals surface area contributed by atoms with Crippen LogP contribution in [0.3, 0.4) is 0 Å². The molecule has 5 rings (SSSR count). The van der Waals surface area contributed by atoms with Gasteiger partial charge in [-0.15, -0.1) is 0 Å². The van der Waals surface area contributed by atoms with Crippen LogP contribution >= 0.6 is 0 Å². The monoisotopic (exact) mass is 435 g/mol. The maximum Gasteiger partial charge on any atom is 0.232 e. The fraction of sp³-hybridized carbons (Fsp3) is 0.321. The number of likely N-dealkylation sites (tertiary alicyclic amines) is 1. The molecule has 1 fully saturated rings. The van der Waals surface area contributed by atoms with E-state index in [0.29, 0.717) is 17.5 Å². The lowest BCUT2D eigenvalue weighted by Crippen LogP contribution is -2.49. The van der Waals surface area contributed by atoms with Crippen molar-refractivity contribution < 1.29 is 21.9 Å². The zero-order chi connectivity index (χ0) is 30.0. The molecule has 2 aliphatic rings. The first-order valence-corrected chi connectivity index (χ1v) is 10.6. The van der Waals surface area contributed by atoms with Crippen LogP contribution in [0.2, 0.25) is 0 Å². The van der Waals surface area contributed by atoms with Crippen LogP contribution in [0.1, 0.15) is 41.0 Å². The highest BCUT2D eigenvalue weighted by Crippen LogP contribution is 2.43. The summed E-state index contributed by atoms with van der Waals surface area (Å²) in [5.41, 5.74) is 5.01. The van der Waals surface area contributed by atoms with Crippen molar-refractivity contribution in [1.82, 2.24) is 4.90 Å². The Morgan fingerprint density at radius 1 is 1.16 bits per heavy atom. The first-order valence-electron chi connectivity index (χ1n) is 15.1. The fourth-order valence-electron chi connectivity index (χ4n) is 4.75. The van der Waals surface area contributed by atoms with Gasteiger partial charge in [-0.2, -0.15) is 0 Å². The van der Waals surface area contributed by atoms with Crippen molar-refractivity contribution in [2.45, 2.75) is 24.6 Å². The summed E-state index contributed by atoms with van der Waals surface area (Å²) in [6.07, 6.45) is -4.90. The van der Waals surface area contributed by atoms with Gasteiger partial charge in [0.2, 0.25) is 5.91 Å². The summed E-state index contributed by atoms with van der Waals surface area (Å²) in [7, 11) is 0. The molecular formula is C28H30N2O2. The van der Waals surface area contributed by atoms with Gasteiger partial charge in [-0.25, -0.2) is 0 Å². The van der Waals surface area contributed by atoms with Gasteiger partial charge in [0.1, 0.15) is 11.2 Å². The Morgan fingerprint density at radius 3 is 2.50 bits per heavy atom. The molecule has 0 radical (unpaired) electrons. The fourth-order valence-corrected chi connectivity index (χ4v) is 4.75. The summed E-state index contributed by atoms with van der Waals surface area (Å²) in [6, 6.07) is 16.0. The van der Waals surface area contributed by atoms with Crippen LogP contribution in [0.4, 0.5) is 0 Å². The van der Waals surface area contributed by atoms with E-state index in [4.69, 9.17) is 22.8 Å². The number of nitrogens with two attached hydrogens (primary N) is 1. The van der Waals surface area contributed by atoms with Gasteiger partial charge in [-0.05, 0) is 53.6 Å². The highest BCUT2D eigenvalue weighted by atomic mass is 16.5. The number of primary amides is 1.